The second-order valence-electron chi connectivity index (χ2n) is 7.07. The van der Waals surface area contributed by atoms with Crippen molar-refractivity contribution in [3.05, 3.63) is 17.7 Å². The van der Waals surface area contributed by atoms with E-state index in [1.807, 2.05) is 12.1 Å². The standard InChI is InChI=1S/C21H33N3O5/c1-5-22-21(24-10-12-29-18(14-24)16-7-6-11-28-16)23-13-15-8-9-17(25-2)20(27-4)19(15)26-3/h8-9,16,18H,5-7,10-14H2,1-4H3,(H,22,23). The number of guanidine groups is 1. The molecule has 2 aliphatic heterocycles. The Labute approximate surface area is 173 Å². The minimum Gasteiger partial charge on any atom is -0.493 e. The summed E-state index contributed by atoms with van der Waals surface area (Å²) in [7, 11) is 4.85. The molecule has 8 nitrogen and oxygen atoms in total. The highest BCUT2D eigenvalue weighted by Crippen LogP contribution is 2.40. The molecule has 2 saturated heterocycles. The molecule has 2 aliphatic rings. The van der Waals surface area contributed by atoms with Gasteiger partial charge in [-0.1, -0.05) is 0 Å². The molecule has 0 amide bonds. The third-order valence-electron chi connectivity index (χ3n) is 5.29. The van der Waals surface area contributed by atoms with Crippen LogP contribution in [0.3, 0.4) is 0 Å². The van der Waals surface area contributed by atoms with Gasteiger partial charge in [0.1, 0.15) is 6.10 Å². The highest BCUT2D eigenvalue weighted by Gasteiger charge is 2.32. The smallest absolute Gasteiger partial charge is 0.203 e. The molecule has 3 rings (SSSR count). The summed E-state index contributed by atoms with van der Waals surface area (Å²) < 4.78 is 28.2. The van der Waals surface area contributed by atoms with E-state index in [1.165, 1.54) is 0 Å². The molecule has 1 aromatic carbocycles. The molecule has 2 heterocycles. The third kappa shape index (κ3) is 5.05. The Hall–Kier alpha value is -2.19. The molecule has 0 aromatic heterocycles. The summed E-state index contributed by atoms with van der Waals surface area (Å²) in [4.78, 5) is 7.12. The average molecular weight is 408 g/mol. The second kappa shape index (κ2) is 10.5. The number of methoxy groups -OCH3 is 3. The van der Waals surface area contributed by atoms with E-state index in [-0.39, 0.29) is 12.2 Å². The number of nitrogens with zero attached hydrogens (tertiary/aromatic N) is 2. The molecular weight excluding hydrogens is 374 g/mol. The van der Waals surface area contributed by atoms with Gasteiger partial charge >= 0.3 is 0 Å². The molecule has 0 aliphatic carbocycles. The predicted octanol–water partition coefficient (Wildman–Crippen LogP) is 2.06. The van der Waals surface area contributed by atoms with Crippen molar-refractivity contribution < 1.29 is 23.7 Å². The van der Waals surface area contributed by atoms with Gasteiger partial charge in [0, 0.05) is 31.8 Å². The zero-order valence-corrected chi connectivity index (χ0v) is 17.9. The molecule has 1 N–H and O–H groups in total. The Balaban J connectivity index is 1.77. The Kier molecular flexibility index (Phi) is 7.83. The molecule has 0 spiro atoms. The molecular formula is C21H33N3O5. The zero-order chi connectivity index (χ0) is 20.6. The van der Waals surface area contributed by atoms with Crippen LogP contribution in [0.1, 0.15) is 25.3 Å². The predicted molar refractivity (Wildman–Crippen MR) is 111 cm³/mol. The van der Waals surface area contributed by atoms with Crippen LogP contribution in [-0.4, -0.2) is 77.2 Å². The lowest BCUT2D eigenvalue weighted by Crippen LogP contribution is -2.53. The molecule has 0 bridgehead atoms. The van der Waals surface area contributed by atoms with E-state index in [0.29, 0.717) is 30.4 Å². The Morgan fingerprint density at radius 2 is 1.90 bits per heavy atom. The van der Waals surface area contributed by atoms with Gasteiger partial charge < -0.3 is 33.9 Å². The maximum absolute atomic E-state index is 5.98. The Bertz CT molecular complexity index is 691. The fourth-order valence-electron chi connectivity index (χ4n) is 3.86. The van der Waals surface area contributed by atoms with Crippen LogP contribution in [0.2, 0.25) is 0 Å². The van der Waals surface area contributed by atoms with Gasteiger partial charge in [0.25, 0.3) is 0 Å². The third-order valence-corrected chi connectivity index (χ3v) is 5.29. The molecule has 2 unspecified atom stereocenters. The van der Waals surface area contributed by atoms with E-state index in [1.54, 1.807) is 21.3 Å². The highest BCUT2D eigenvalue weighted by molar-refractivity contribution is 5.80. The molecule has 2 atom stereocenters. The number of aliphatic imine (C=N–C) groups is 1. The summed E-state index contributed by atoms with van der Waals surface area (Å²) >= 11 is 0. The van der Waals surface area contributed by atoms with Gasteiger partial charge in [-0.05, 0) is 31.9 Å². The van der Waals surface area contributed by atoms with Gasteiger partial charge in [0.15, 0.2) is 17.5 Å². The number of morpholine rings is 1. The van der Waals surface area contributed by atoms with Gasteiger partial charge in [-0.15, -0.1) is 0 Å². The van der Waals surface area contributed by atoms with Crippen molar-refractivity contribution in [3.63, 3.8) is 0 Å². The van der Waals surface area contributed by atoms with E-state index < -0.39 is 0 Å². The average Bonchev–Trinajstić information content (AvgIpc) is 3.31. The van der Waals surface area contributed by atoms with Gasteiger partial charge in [-0.2, -0.15) is 0 Å². The van der Waals surface area contributed by atoms with Gasteiger partial charge in [0.2, 0.25) is 5.75 Å². The first-order chi connectivity index (χ1) is 14.2. The van der Waals surface area contributed by atoms with Crippen molar-refractivity contribution in [1.29, 1.82) is 0 Å². The molecule has 162 valence electrons. The molecule has 2 fully saturated rings. The number of rotatable bonds is 7. The van der Waals surface area contributed by atoms with Crippen molar-refractivity contribution >= 4 is 5.96 Å². The SMILES string of the molecule is CCNC(=NCc1ccc(OC)c(OC)c1OC)N1CCOC(C2CCCO2)C1. The number of hydrogen-bond donors (Lipinski definition) is 1. The second-order valence-corrected chi connectivity index (χ2v) is 7.07. The van der Waals surface area contributed by atoms with E-state index in [2.05, 4.69) is 17.1 Å². The number of nitrogens with one attached hydrogen (secondary N) is 1. The van der Waals surface area contributed by atoms with Crippen molar-refractivity contribution in [2.45, 2.75) is 38.5 Å². The minimum atomic E-state index is 0.0886. The lowest BCUT2D eigenvalue weighted by Gasteiger charge is -2.37. The van der Waals surface area contributed by atoms with Crippen molar-refractivity contribution in [2.75, 3.05) is 54.2 Å². The Morgan fingerprint density at radius 1 is 1.10 bits per heavy atom. The van der Waals surface area contributed by atoms with Crippen molar-refractivity contribution in [2.24, 2.45) is 4.99 Å². The number of hydrogen-bond acceptors (Lipinski definition) is 6. The van der Waals surface area contributed by atoms with E-state index in [9.17, 15) is 0 Å². The highest BCUT2D eigenvalue weighted by atomic mass is 16.5. The fourth-order valence-corrected chi connectivity index (χ4v) is 3.86. The maximum atomic E-state index is 5.98. The van der Waals surface area contributed by atoms with Crippen LogP contribution in [0.25, 0.3) is 0 Å². The quantitative estimate of drug-likeness (QED) is 0.548. The van der Waals surface area contributed by atoms with E-state index in [0.717, 1.165) is 50.6 Å². The van der Waals surface area contributed by atoms with Crippen LogP contribution in [-0.2, 0) is 16.0 Å². The first-order valence-electron chi connectivity index (χ1n) is 10.3. The number of benzene rings is 1. The van der Waals surface area contributed by atoms with Crippen LogP contribution in [0.5, 0.6) is 17.2 Å². The monoisotopic (exact) mass is 407 g/mol. The normalized spacial score (nSPS) is 22.5. The summed E-state index contributed by atoms with van der Waals surface area (Å²) in [5.74, 6) is 2.73. The van der Waals surface area contributed by atoms with Crippen LogP contribution in [0.4, 0.5) is 0 Å². The van der Waals surface area contributed by atoms with Crippen molar-refractivity contribution in [1.82, 2.24) is 10.2 Å². The fraction of sp³-hybridized carbons (Fsp3) is 0.667. The zero-order valence-electron chi connectivity index (χ0n) is 17.9. The van der Waals surface area contributed by atoms with Crippen LogP contribution < -0.4 is 19.5 Å². The van der Waals surface area contributed by atoms with E-state index >= 15 is 0 Å². The molecule has 8 heteroatoms. The molecule has 0 saturated carbocycles. The van der Waals surface area contributed by atoms with Gasteiger partial charge in [-0.3, -0.25) is 0 Å². The summed E-state index contributed by atoms with van der Waals surface area (Å²) in [5, 5.41) is 3.41. The van der Waals surface area contributed by atoms with E-state index in [4.69, 9.17) is 28.7 Å². The summed E-state index contributed by atoms with van der Waals surface area (Å²) in [6.07, 6.45) is 2.45. The molecule has 1 aromatic rings. The molecule has 0 radical (unpaired) electrons. The lowest BCUT2D eigenvalue weighted by atomic mass is 10.1. The van der Waals surface area contributed by atoms with Crippen LogP contribution in [0.15, 0.2) is 17.1 Å². The first-order valence-corrected chi connectivity index (χ1v) is 10.3. The first kappa shape index (κ1) is 21.5. The number of ether oxygens (including phenoxy) is 5. The van der Waals surface area contributed by atoms with Gasteiger partial charge in [-0.25, -0.2) is 4.99 Å². The summed E-state index contributed by atoms with van der Waals surface area (Å²) in [6, 6.07) is 3.84. The summed E-state index contributed by atoms with van der Waals surface area (Å²) in [6.45, 7) is 6.42. The summed E-state index contributed by atoms with van der Waals surface area (Å²) in [5.41, 5.74) is 0.935. The van der Waals surface area contributed by atoms with Crippen LogP contribution >= 0.6 is 0 Å². The molecule has 29 heavy (non-hydrogen) atoms. The topological polar surface area (TPSA) is 73.8 Å². The lowest BCUT2D eigenvalue weighted by molar-refractivity contribution is -0.0817. The Morgan fingerprint density at radius 3 is 2.55 bits per heavy atom. The minimum absolute atomic E-state index is 0.0886. The van der Waals surface area contributed by atoms with Crippen LogP contribution in [0, 0.1) is 0 Å². The maximum Gasteiger partial charge on any atom is 0.203 e. The van der Waals surface area contributed by atoms with Crippen molar-refractivity contribution in [3.8, 4) is 17.2 Å². The van der Waals surface area contributed by atoms with Gasteiger partial charge in [0.05, 0.1) is 40.6 Å². The largest absolute Gasteiger partial charge is 0.493 e.